The quantitative estimate of drug-likeness (QED) is 0.732. The number of hydrogen-bond donors (Lipinski definition) is 0. The molecule has 1 fully saturated rings. The maximum absolute atomic E-state index is 12.7. The largest absolute Gasteiger partial charge is 0.372 e. The summed E-state index contributed by atoms with van der Waals surface area (Å²) in [5.74, 6) is -0.0171. The molecular formula is C21H20N2O2. The van der Waals surface area contributed by atoms with Crippen molar-refractivity contribution in [2.75, 3.05) is 13.1 Å². The average Bonchev–Trinajstić information content (AvgIpc) is 3.15. The predicted octanol–water partition coefficient (Wildman–Crippen LogP) is 3.67. The highest BCUT2D eigenvalue weighted by atomic mass is 16.5. The number of aromatic nitrogens is 1. The molecule has 25 heavy (non-hydrogen) atoms. The van der Waals surface area contributed by atoms with E-state index in [1.165, 1.54) is 0 Å². The Hall–Kier alpha value is -2.72. The normalized spacial score (nSPS) is 17.1. The molecular weight excluding hydrogens is 312 g/mol. The van der Waals surface area contributed by atoms with Crippen LogP contribution in [0.1, 0.15) is 22.5 Å². The molecule has 0 spiro atoms. The molecule has 1 amide bonds. The SMILES string of the molecule is O=C(c1ccc2ccccc2n1)N1CCC(OCc2ccccc2)C1. The van der Waals surface area contributed by atoms with Gasteiger partial charge >= 0.3 is 0 Å². The second-order valence-corrected chi connectivity index (χ2v) is 6.35. The Kier molecular flexibility index (Phi) is 4.44. The van der Waals surface area contributed by atoms with Crippen molar-refractivity contribution in [2.24, 2.45) is 0 Å². The molecule has 0 N–H and O–H groups in total. The monoisotopic (exact) mass is 332 g/mol. The first kappa shape index (κ1) is 15.8. The van der Waals surface area contributed by atoms with Gasteiger partial charge in [-0.05, 0) is 24.1 Å². The number of ether oxygens (including phenoxy) is 1. The molecule has 1 aromatic heterocycles. The van der Waals surface area contributed by atoms with Gasteiger partial charge in [0.05, 0.1) is 18.2 Å². The zero-order valence-electron chi connectivity index (χ0n) is 14.0. The molecule has 1 atom stereocenters. The van der Waals surface area contributed by atoms with E-state index in [0.717, 1.165) is 22.9 Å². The van der Waals surface area contributed by atoms with Crippen molar-refractivity contribution in [3.05, 3.63) is 78.0 Å². The standard InChI is InChI=1S/C21H20N2O2/c24-21(20-11-10-17-8-4-5-9-19(17)22-20)23-13-12-18(14-23)25-15-16-6-2-1-3-7-16/h1-11,18H,12-15H2. The minimum atomic E-state index is -0.0171. The summed E-state index contributed by atoms with van der Waals surface area (Å²) >= 11 is 0. The van der Waals surface area contributed by atoms with E-state index in [-0.39, 0.29) is 12.0 Å². The summed E-state index contributed by atoms with van der Waals surface area (Å²) in [6, 6.07) is 21.7. The van der Waals surface area contributed by atoms with Crippen molar-refractivity contribution in [1.82, 2.24) is 9.88 Å². The molecule has 0 radical (unpaired) electrons. The Labute approximate surface area is 147 Å². The number of benzene rings is 2. The van der Waals surface area contributed by atoms with Gasteiger partial charge in [-0.15, -0.1) is 0 Å². The van der Waals surface area contributed by atoms with E-state index in [9.17, 15) is 4.79 Å². The van der Waals surface area contributed by atoms with Crippen LogP contribution < -0.4 is 0 Å². The van der Waals surface area contributed by atoms with Crippen LogP contribution in [-0.4, -0.2) is 35.0 Å². The number of hydrogen-bond acceptors (Lipinski definition) is 3. The van der Waals surface area contributed by atoms with Gasteiger partial charge in [0.25, 0.3) is 5.91 Å². The summed E-state index contributed by atoms with van der Waals surface area (Å²) in [6.45, 7) is 1.93. The van der Waals surface area contributed by atoms with Crippen molar-refractivity contribution in [2.45, 2.75) is 19.1 Å². The van der Waals surface area contributed by atoms with Crippen molar-refractivity contribution < 1.29 is 9.53 Å². The number of carbonyl (C=O) groups excluding carboxylic acids is 1. The van der Waals surface area contributed by atoms with Crippen LogP contribution in [0.4, 0.5) is 0 Å². The molecule has 1 aliphatic heterocycles. The van der Waals surface area contributed by atoms with Crippen molar-refractivity contribution in [3.8, 4) is 0 Å². The van der Waals surface area contributed by atoms with Crippen LogP contribution in [-0.2, 0) is 11.3 Å². The Morgan fingerprint density at radius 2 is 1.84 bits per heavy atom. The zero-order chi connectivity index (χ0) is 17.1. The highest BCUT2D eigenvalue weighted by Crippen LogP contribution is 2.18. The molecule has 2 aromatic carbocycles. The minimum Gasteiger partial charge on any atom is -0.372 e. The van der Waals surface area contributed by atoms with Crippen LogP contribution >= 0.6 is 0 Å². The molecule has 2 heterocycles. The van der Waals surface area contributed by atoms with Crippen LogP contribution in [0.2, 0.25) is 0 Å². The van der Waals surface area contributed by atoms with E-state index in [1.54, 1.807) is 0 Å². The Morgan fingerprint density at radius 1 is 1.04 bits per heavy atom. The van der Waals surface area contributed by atoms with E-state index < -0.39 is 0 Å². The lowest BCUT2D eigenvalue weighted by molar-refractivity contribution is 0.0436. The van der Waals surface area contributed by atoms with Gasteiger partial charge in [-0.25, -0.2) is 4.98 Å². The molecule has 4 heteroatoms. The van der Waals surface area contributed by atoms with Gasteiger partial charge in [0.2, 0.25) is 0 Å². The van der Waals surface area contributed by atoms with Crippen molar-refractivity contribution >= 4 is 16.8 Å². The second-order valence-electron chi connectivity index (χ2n) is 6.35. The van der Waals surface area contributed by atoms with Crippen LogP contribution in [0.5, 0.6) is 0 Å². The van der Waals surface area contributed by atoms with E-state index >= 15 is 0 Å². The van der Waals surface area contributed by atoms with Gasteiger partial charge in [0.1, 0.15) is 5.69 Å². The Morgan fingerprint density at radius 3 is 2.72 bits per heavy atom. The molecule has 4 nitrogen and oxygen atoms in total. The highest BCUT2D eigenvalue weighted by Gasteiger charge is 2.28. The first-order chi connectivity index (χ1) is 12.3. The van der Waals surface area contributed by atoms with Crippen LogP contribution in [0.25, 0.3) is 10.9 Å². The van der Waals surface area contributed by atoms with E-state index in [4.69, 9.17) is 4.74 Å². The zero-order valence-corrected chi connectivity index (χ0v) is 14.0. The molecule has 3 aromatic rings. The molecule has 4 rings (SSSR count). The molecule has 1 aliphatic rings. The van der Waals surface area contributed by atoms with Gasteiger partial charge in [-0.2, -0.15) is 0 Å². The number of rotatable bonds is 4. The fourth-order valence-electron chi connectivity index (χ4n) is 3.18. The summed E-state index contributed by atoms with van der Waals surface area (Å²) in [4.78, 5) is 19.1. The van der Waals surface area contributed by atoms with E-state index in [2.05, 4.69) is 17.1 Å². The maximum Gasteiger partial charge on any atom is 0.272 e. The molecule has 126 valence electrons. The fourth-order valence-corrected chi connectivity index (χ4v) is 3.18. The number of likely N-dealkylation sites (tertiary alicyclic amines) is 1. The van der Waals surface area contributed by atoms with Crippen LogP contribution in [0.15, 0.2) is 66.7 Å². The van der Waals surface area contributed by atoms with Gasteiger partial charge in [-0.1, -0.05) is 54.6 Å². The molecule has 0 aliphatic carbocycles. The van der Waals surface area contributed by atoms with E-state index in [1.807, 2.05) is 59.5 Å². The first-order valence-electron chi connectivity index (χ1n) is 8.60. The van der Waals surface area contributed by atoms with Gasteiger partial charge in [-0.3, -0.25) is 4.79 Å². The Balaban J connectivity index is 1.39. The van der Waals surface area contributed by atoms with Crippen LogP contribution in [0, 0.1) is 0 Å². The average molecular weight is 332 g/mol. The molecule has 1 saturated heterocycles. The third-order valence-corrected chi connectivity index (χ3v) is 4.58. The van der Waals surface area contributed by atoms with Crippen molar-refractivity contribution in [1.29, 1.82) is 0 Å². The maximum atomic E-state index is 12.7. The van der Waals surface area contributed by atoms with Gasteiger partial charge in [0, 0.05) is 18.5 Å². The van der Waals surface area contributed by atoms with Gasteiger partial charge in [0.15, 0.2) is 0 Å². The smallest absolute Gasteiger partial charge is 0.272 e. The number of para-hydroxylation sites is 1. The number of pyridine rings is 1. The second kappa shape index (κ2) is 7.03. The molecule has 1 unspecified atom stereocenters. The number of carbonyl (C=O) groups is 1. The number of nitrogens with zero attached hydrogens (tertiary/aromatic N) is 2. The summed E-state index contributed by atoms with van der Waals surface area (Å²) < 4.78 is 5.96. The highest BCUT2D eigenvalue weighted by molar-refractivity contribution is 5.95. The van der Waals surface area contributed by atoms with Gasteiger partial charge < -0.3 is 9.64 Å². The first-order valence-corrected chi connectivity index (χ1v) is 8.60. The summed E-state index contributed by atoms with van der Waals surface area (Å²) in [6.07, 6.45) is 0.955. The molecule has 0 saturated carbocycles. The third kappa shape index (κ3) is 3.54. The summed E-state index contributed by atoms with van der Waals surface area (Å²) in [7, 11) is 0. The summed E-state index contributed by atoms with van der Waals surface area (Å²) in [5.41, 5.74) is 2.51. The minimum absolute atomic E-state index is 0.0171. The van der Waals surface area contributed by atoms with E-state index in [0.29, 0.717) is 25.4 Å². The lowest BCUT2D eigenvalue weighted by atomic mass is 10.2. The molecule has 0 bridgehead atoms. The number of amides is 1. The van der Waals surface area contributed by atoms with Crippen LogP contribution in [0.3, 0.4) is 0 Å². The van der Waals surface area contributed by atoms with Crippen molar-refractivity contribution in [3.63, 3.8) is 0 Å². The topological polar surface area (TPSA) is 42.4 Å². The lowest BCUT2D eigenvalue weighted by Crippen LogP contribution is -2.30. The predicted molar refractivity (Wildman–Crippen MR) is 97.3 cm³/mol. The number of fused-ring (bicyclic) bond motifs is 1. The Bertz CT molecular complexity index is 879. The third-order valence-electron chi connectivity index (χ3n) is 4.58. The fraction of sp³-hybridized carbons (Fsp3) is 0.238. The lowest BCUT2D eigenvalue weighted by Gasteiger charge is -2.16. The summed E-state index contributed by atoms with van der Waals surface area (Å²) in [5, 5.41) is 1.05.